The summed E-state index contributed by atoms with van der Waals surface area (Å²) in [5, 5.41) is 0. The predicted molar refractivity (Wildman–Crippen MR) is 51.9 cm³/mol. The third-order valence-corrected chi connectivity index (χ3v) is 1.85. The van der Waals surface area contributed by atoms with E-state index >= 15 is 0 Å². The molecule has 0 fully saturated rings. The van der Waals surface area contributed by atoms with Crippen LogP contribution in [-0.4, -0.2) is 12.3 Å². The van der Waals surface area contributed by atoms with Crippen LogP contribution in [0.5, 0.6) is 0 Å². The highest BCUT2D eigenvalue weighted by atomic mass is 16.1. The molecule has 0 bridgehead atoms. The zero-order valence-corrected chi connectivity index (χ0v) is 7.88. The van der Waals surface area contributed by atoms with Crippen LogP contribution in [0.3, 0.4) is 0 Å². The molecule has 1 atom stereocenters. The van der Waals surface area contributed by atoms with Gasteiger partial charge in [0.15, 0.2) is 0 Å². The van der Waals surface area contributed by atoms with Crippen molar-refractivity contribution in [2.45, 2.75) is 45.1 Å². The van der Waals surface area contributed by atoms with Crippen molar-refractivity contribution in [1.29, 1.82) is 0 Å². The SMILES string of the molecule is C=C(CC=O)C[C@H](N)CCCC. The Morgan fingerprint density at radius 3 is 2.83 bits per heavy atom. The van der Waals surface area contributed by atoms with E-state index in [-0.39, 0.29) is 6.04 Å². The molecule has 12 heavy (non-hydrogen) atoms. The summed E-state index contributed by atoms with van der Waals surface area (Å²) in [5.74, 6) is 0. The fraction of sp³-hybridized carbons (Fsp3) is 0.700. The fourth-order valence-electron chi connectivity index (χ4n) is 1.14. The minimum absolute atomic E-state index is 0.192. The average Bonchev–Trinajstić information content (AvgIpc) is 2.01. The smallest absolute Gasteiger partial charge is 0.124 e. The van der Waals surface area contributed by atoms with Crippen LogP contribution in [0.2, 0.25) is 0 Å². The third kappa shape index (κ3) is 6.10. The molecule has 70 valence electrons. The van der Waals surface area contributed by atoms with Gasteiger partial charge < -0.3 is 10.5 Å². The Hall–Kier alpha value is -0.630. The second-order valence-electron chi connectivity index (χ2n) is 3.23. The fourth-order valence-corrected chi connectivity index (χ4v) is 1.14. The Morgan fingerprint density at radius 1 is 1.67 bits per heavy atom. The topological polar surface area (TPSA) is 43.1 Å². The first-order valence-electron chi connectivity index (χ1n) is 4.56. The summed E-state index contributed by atoms with van der Waals surface area (Å²) < 4.78 is 0. The lowest BCUT2D eigenvalue weighted by Gasteiger charge is -2.10. The maximum absolute atomic E-state index is 10.1. The molecule has 0 aromatic carbocycles. The maximum atomic E-state index is 10.1. The van der Waals surface area contributed by atoms with E-state index in [0.29, 0.717) is 6.42 Å². The monoisotopic (exact) mass is 169 g/mol. The van der Waals surface area contributed by atoms with Crippen molar-refractivity contribution in [3.8, 4) is 0 Å². The van der Waals surface area contributed by atoms with Gasteiger partial charge in [0.05, 0.1) is 0 Å². The van der Waals surface area contributed by atoms with Crippen molar-refractivity contribution >= 4 is 6.29 Å². The van der Waals surface area contributed by atoms with Crippen LogP contribution in [-0.2, 0) is 4.79 Å². The van der Waals surface area contributed by atoms with Crippen LogP contribution < -0.4 is 5.73 Å². The minimum atomic E-state index is 0.192. The molecule has 0 rings (SSSR count). The van der Waals surface area contributed by atoms with Gasteiger partial charge in [0, 0.05) is 12.5 Å². The largest absolute Gasteiger partial charge is 0.327 e. The summed E-state index contributed by atoms with van der Waals surface area (Å²) in [7, 11) is 0. The number of unbranched alkanes of at least 4 members (excludes halogenated alkanes) is 1. The predicted octanol–water partition coefficient (Wildman–Crippen LogP) is 2.04. The number of carbonyl (C=O) groups excluding carboxylic acids is 1. The van der Waals surface area contributed by atoms with Crippen molar-refractivity contribution in [2.24, 2.45) is 5.73 Å². The van der Waals surface area contributed by atoms with E-state index in [4.69, 9.17) is 5.73 Å². The normalized spacial score (nSPS) is 12.5. The number of hydrogen-bond acceptors (Lipinski definition) is 2. The maximum Gasteiger partial charge on any atom is 0.124 e. The van der Waals surface area contributed by atoms with Crippen LogP contribution >= 0.6 is 0 Å². The Kier molecular flexibility index (Phi) is 6.67. The second kappa shape index (κ2) is 7.04. The highest BCUT2D eigenvalue weighted by Gasteiger charge is 2.03. The van der Waals surface area contributed by atoms with Crippen molar-refractivity contribution < 1.29 is 4.79 Å². The highest BCUT2D eigenvalue weighted by molar-refractivity contribution is 5.53. The van der Waals surface area contributed by atoms with Crippen molar-refractivity contribution in [1.82, 2.24) is 0 Å². The van der Waals surface area contributed by atoms with Gasteiger partial charge in [-0.25, -0.2) is 0 Å². The summed E-state index contributed by atoms with van der Waals surface area (Å²) in [4.78, 5) is 10.1. The first kappa shape index (κ1) is 11.4. The molecule has 2 nitrogen and oxygen atoms in total. The molecule has 0 heterocycles. The lowest BCUT2D eigenvalue weighted by Crippen LogP contribution is -2.20. The van der Waals surface area contributed by atoms with Gasteiger partial charge in [0.25, 0.3) is 0 Å². The van der Waals surface area contributed by atoms with E-state index < -0.39 is 0 Å². The average molecular weight is 169 g/mol. The molecule has 0 spiro atoms. The van der Waals surface area contributed by atoms with Gasteiger partial charge in [-0.05, 0) is 12.8 Å². The van der Waals surface area contributed by atoms with Gasteiger partial charge in [0.2, 0.25) is 0 Å². The van der Waals surface area contributed by atoms with Crippen molar-refractivity contribution in [3.05, 3.63) is 12.2 Å². The molecule has 0 radical (unpaired) electrons. The Balaban J connectivity index is 3.46. The van der Waals surface area contributed by atoms with Crippen LogP contribution in [0, 0.1) is 0 Å². The molecule has 0 aromatic rings. The van der Waals surface area contributed by atoms with Gasteiger partial charge >= 0.3 is 0 Å². The number of carbonyl (C=O) groups is 1. The molecule has 0 aliphatic carbocycles. The second-order valence-corrected chi connectivity index (χ2v) is 3.23. The van der Waals surface area contributed by atoms with Gasteiger partial charge in [-0.3, -0.25) is 0 Å². The van der Waals surface area contributed by atoms with E-state index in [2.05, 4.69) is 13.5 Å². The van der Waals surface area contributed by atoms with Crippen molar-refractivity contribution in [2.75, 3.05) is 0 Å². The molecule has 0 saturated carbocycles. The molecule has 0 aliphatic rings. The number of aldehydes is 1. The Labute approximate surface area is 74.8 Å². The summed E-state index contributed by atoms with van der Waals surface area (Å²) in [6, 6.07) is 0.192. The van der Waals surface area contributed by atoms with Gasteiger partial charge in [-0.2, -0.15) is 0 Å². The lowest BCUT2D eigenvalue weighted by molar-refractivity contribution is -0.107. The van der Waals surface area contributed by atoms with Gasteiger partial charge in [-0.1, -0.05) is 31.9 Å². The molecule has 2 heteroatoms. The van der Waals surface area contributed by atoms with Crippen LogP contribution in [0.25, 0.3) is 0 Å². The van der Waals surface area contributed by atoms with Gasteiger partial charge in [-0.15, -0.1) is 0 Å². The standard InChI is InChI=1S/C10H19NO/c1-3-4-5-10(11)8-9(2)6-7-12/h7,10H,2-6,8,11H2,1H3/t10-/m1/s1. The molecule has 0 aliphatic heterocycles. The van der Waals surface area contributed by atoms with Gasteiger partial charge in [0.1, 0.15) is 6.29 Å². The molecule has 0 aromatic heterocycles. The highest BCUT2D eigenvalue weighted by Crippen LogP contribution is 2.09. The van der Waals surface area contributed by atoms with Crippen LogP contribution in [0.15, 0.2) is 12.2 Å². The third-order valence-electron chi connectivity index (χ3n) is 1.85. The molecule has 0 saturated heterocycles. The zero-order chi connectivity index (χ0) is 9.40. The van der Waals surface area contributed by atoms with E-state index in [1.54, 1.807) is 0 Å². The van der Waals surface area contributed by atoms with E-state index in [9.17, 15) is 4.79 Å². The molecular formula is C10H19NO. The van der Waals surface area contributed by atoms with E-state index in [1.807, 2.05) is 0 Å². The number of rotatable bonds is 7. The molecule has 2 N–H and O–H groups in total. The zero-order valence-electron chi connectivity index (χ0n) is 7.88. The van der Waals surface area contributed by atoms with Crippen LogP contribution in [0.1, 0.15) is 39.0 Å². The van der Waals surface area contributed by atoms with E-state index in [1.165, 1.54) is 6.42 Å². The summed E-state index contributed by atoms with van der Waals surface area (Å²) in [6.45, 7) is 5.93. The quantitative estimate of drug-likeness (QED) is 0.468. The molecule has 0 unspecified atom stereocenters. The molecular weight excluding hydrogens is 150 g/mol. The number of nitrogens with two attached hydrogens (primary N) is 1. The van der Waals surface area contributed by atoms with E-state index in [0.717, 1.165) is 31.1 Å². The lowest BCUT2D eigenvalue weighted by atomic mass is 10.0. The first-order chi connectivity index (χ1) is 5.70. The minimum Gasteiger partial charge on any atom is -0.327 e. The summed E-state index contributed by atoms with van der Waals surface area (Å²) in [6.07, 6.45) is 5.51. The summed E-state index contributed by atoms with van der Waals surface area (Å²) >= 11 is 0. The Morgan fingerprint density at radius 2 is 2.33 bits per heavy atom. The summed E-state index contributed by atoms with van der Waals surface area (Å²) in [5.41, 5.74) is 6.77. The molecule has 0 amide bonds. The van der Waals surface area contributed by atoms with Crippen LogP contribution in [0.4, 0.5) is 0 Å². The van der Waals surface area contributed by atoms with Crippen molar-refractivity contribution in [3.63, 3.8) is 0 Å². The Bertz CT molecular complexity index is 143. The number of hydrogen-bond donors (Lipinski definition) is 1. The first-order valence-corrected chi connectivity index (χ1v) is 4.56.